The van der Waals surface area contributed by atoms with Gasteiger partial charge in [0.15, 0.2) is 6.29 Å². The van der Waals surface area contributed by atoms with Crippen molar-refractivity contribution < 1.29 is 26.6 Å². The monoisotopic (exact) mass is 288 g/mol. The summed E-state index contributed by atoms with van der Waals surface area (Å²) in [7, 11) is -4.51. The maximum atomic E-state index is 10.7. The minimum Gasteiger partial charge on any atom is -0.346 e. The van der Waals surface area contributed by atoms with E-state index >= 15 is 0 Å². The lowest BCUT2D eigenvalue weighted by Crippen LogP contribution is -2.42. The van der Waals surface area contributed by atoms with Crippen LogP contribution >= 0.6 is 0 Å². The van der Waals surface area contributed by atoms with Gasteiger partial charge in [-0.2, -0.15) is 8.42 Å². The van der Waals surface area contributed by atoms with Crippen LogP contribution in [0.4, 0.5) is 0 Å². The molecule has 1 aromatic rings. The van der Waals surface area contributed by atoms with E-state index < -0.39 is 28.9 Å². The molecular formula is C12H16O6S. The molecule has 0 spiro atoms. The maximum absolute atomic E-state index is 10.7. The number of ether oxygens (including phenoxy) is 2. The molecule has 1 aromatic carbocycles. The average molecular weight is 288 g/mol. The lowest BCUT2D eigenvalue weighted by molar-refractivity contribution is -0.251. The average Bonchev–Trinajstić information content (AvgIpc) is 2.38. The van der Waals surface area contributed by atoms with E-state index in [1.807, 2.05) is 37.3 Å². The highest BCUT2D eigenvalue weighted by atomic mass is 32.3. The van der Waals surface area contributed by atoms with Crippen molar-refractivity contribution in [1.29, 1.82) is 0 Å². The molecule has 1 heterocycles. The lowest BCUT2D eigenvalue weighted by Gasteiger charge is -2.35. The standard InChI is InChI=1S/C12H16O6S/c1-2-10-11(18-19(13,14)15)8-16-12(17-10)9-6-4-3-5-7-9/h3-7,10-12H,2,8H2,1H3,(H,13,14,15)/t10-,11+,12?/m0/s1. The van der Waals surface area contributed by atoms with Crippen molar-refractivity contribution in [2.75, 3.05) is 6.61 Å². The summed E-state index contributed by atoms with van der Waals surface area (Å²) in [6, 6.07) is 9.34. The molecule has 0 bridgehead atoms. The van der Waals surface area contributed by atoms with Crippen molar-refractivity contribution in [2.45, 2.75) is 31.8 Å². The zero-order valence-corrected chi connectivity index (χ0v) is 11.2. The molecule has 0 aliphatic carbocycles. The Bertz CT molecular complexity index is 500. The minimum atomic E-state index is -4.51. The van der Waals surface area contributed by atoms with Crippen molar-refractivity contribution in [2.24, 2.45) is 0 Å². The molecule has 6 nitrogen and oxygen atoms in total. The van der Waals surface area contributed by atoms with Crippen LogP contribution in [0.1, 0.15) is 25.2 Å². The molecule has 3 atom stereocenters. The summed E-state index contributed by atoms with van der Waals surface area (Å²) in [5, 5.41) is 0. The Labute approximate surface area is 112 Å². The van der Waals surface area contributed by atoms with Crippen LogP contribution in [0.25, 0.3) is 0 Å². The van der Waals surface area contributed by atoms with Crippen LogP contribution < -0.4 is 0 Å². The second-order valence-electron chi connectivity index (χ2n) is 4.22. The molecule has 2 rings (SSSR count). The zero-order valence-electron chi connectivity index (χ0n) is 10.4. The van der Waals surface area contributed by atoms with E-state index in [9.17, 15) is 8.42 Å². The molecule has 19 heavy (non-hydrogen) atoms. The van der Waals surface area contributed by atoms with Gasteiger partial charge < -0.3 is 9.47 Å². The summed E-state index contributed by atoms with van der Waals surface area (Å²) in [5.74, 6) is 0. The highest BCUT2D eigenvalue weighted by molar-refractivity contribution is 7.80. The molecule has 1 N–H and O–H groups in total. The van der Waals surface area contributed by atoms with E-state index in [1.165, 1.54) is 0 Å². The van der Waals surface area contributed by atoms with Crippen molar-refractivity contribution >= 4 is 10.4 Å². The first-order valence-electron chi connectivity index (χ1n) is 5.97. The Morgan fingerprint density at radius 3 is 2.63 bits per heavy atom. The van der Waals surface area contributed by atoms with Gasteiger partial charge in [-0.25, -0.2) is 4.18 Å². The SMILES string of the molecule is CC[C@@H]1OC(c2ccccc2)OC[C@H]1OS(=O)(=O)O. The highest BCUT2D eigenvalue weighted by Gasteiger charge is 2.35. The van der Waals surface area contributed by atoms with Gasteiger partial charge in [0.2, 0.25) is 0 Å². The van der Waals surface area contributed by atoms with Gasteiger partial charge >= 0.3 is 10.4 Å². The van der Waals surface area contributed by atoms with Crippen molar-refractivity contribution in [1.82, 2.24) is 0 Å². The second-order valence-corrected chi connectivity index (χ2v) is 5.27. The Balaban J connectivity index is 2.06. The summed E-state index contributed by atoms with van der Waals surface area (Å²) in [5.41, 5.74) is 0.853. The number of hydrogen-bond donors (Lipinski definition) is 1. The Hall–Kier alpha value is -0.990. The van der Waals surface area contributed by atoms with E-state index in [1.54, 1.807) is 0 Å². The van der Waals surface area contributed by atoms with E-state index in [0.717, 1.165) is 5.56 Å². The predicted octanol–water partition coefficient (Wildman–Crippen LogP) is 1.70. The molecule has 7 heteroatoms. The van der Waals surface area contributed by atoms with Crippen LogP contribution in [0, 0.1) is 0 Å². The summed E-state index contributed by atoms with van der Waals surface area (Å²) in [6.07, 6.45) is -1.29. The van der Waals surface area contributed by atoms with Gasteiger partial charge in [0.1, 0.15) is 6.10 Å². The third-order valence-electron chi connectivity index (χ3n) is 2.84. The van der Waals surface area contributed by atoms with E-state index in [0.29, 0.717) is 6.42 Å². The summed E-state index contributed by atoms with van der Waals surface area (Å²) < 4.78 is 45.8. The van der Waals surface area contributed by atoms with Gasteiger partial charge in [0.05, 0.1) is 12.7 Å². The van der Waals surface area contributed by atoms with Gasteiger partial charge in [-0.05, 0) is 6.42 Å². The normalized spacial score (nSPS) is 28.2. The Morgan fingerprint density at radius 2 is 2.05 bits per heavy atom. The minimum absolute atomic E-state index is 0.0395. The molecule has 0 amide bonds. The molecule has 1 saturated heterocycles. The fourth-order valence-corrected chi connectivity index (χ4v) is 2.46. The first-order valence-corrected chi connectivity index (χ1v) is 7.34. The molecule has 1 aliphatic heterocycles. The van der Waals surface area contributed by atoms with Crippen molar-refractivity contribution in [3.63, 3.8) is 0 Å². The number of benzene rings is 1. The largest absolute Gasteiger partial charge is 0.397 e. The molecule has 1 fully saturated rings. The Morgan fingerprint density at radius 1 is 1.37 bits per heavy atom. The summed E-state index contributed by atoms with van der Waals surface area (Å²) in [4.78, 5) is 0. The van der Waals surface area contributed by atoms with Crippen LogP contribution in [0.15, 0.2) is 30.3 Å². The van der Waals surface area contributed by atoms with Crippen LogP contribution in [0.3, 0.4) is 0 Å². The molecule has 0 radical (unpaired) electrons. The Kier molecular flexibility index (Phi) is 4.54. The fraction of sp³-hybridized carbons (Fsp3) is 0.500. The van der Waals surface area contributed by atoms with E-state index in [4.69, 9.17) is 14.0 Å². The third-order valence-corrected chi connectivity index (χ3v) is 3.33. The van der Waals surface area contributed by atoms with Crippen LogP contribution in [-0.2, 0) is 24.1 Å². The molecule has 1 aliphatic rings. The number of hydrogen-bond acceptors (Lipinski definition) is 5. The lowest BCUT2D eigenvalue weighted by atomic mass is 10.1. The highest BCUT2D eigenvalue weighted by Crippen LogP contribution is 2.29. The van der Waals surface area contributed by atoms with E-state index in [-0.39, 0.29) is 6.61 Å². The zero-order chi connectivity index (χ0) is 13.9. The van der Waals surface area contributed by atoms with Crippen molar-refractivity contribution in [3.05, 3.63) is 35.9 Å². The van der Waals surface area contributed by atoms with E-state index in [2.05, 4.69) is 4.18 Å². The third kappa shape index (κ3) is 3.99. The van der Waals surface area contributed by atoms with Crippen LogP contribution in [0.2, 0.25) is 0 Å². The molecule has 0 aromatic heterocycles. The quantitative estimate of drug-likeness (QED) is 0.849. The maximum Gasteiger partial charge on any atom is 0.397 e. The predicted molar refractivity (Wildman–Crippen MR) is 66.7 cm³/mol. The first-order chi connectivity index (χ1) is 8.99. The molecule has 106 valence electrons. The van der Waals surface area contributed by atoms with Crippen LogP contribution in [-0.4, -0.2) is 31.8 Å². The summed E-state index contributed by atoms with van der Waals surface area (Å²) >= 11 is 0. The van der Waals surface area contributed by atoms with Gasteiger partial charge in [-0.3, -0.25) is 4.55 Å². The van der Waals surface area contributed by atoms with Gasteiger partial charge in [-0.15, -0.1) is 0 Å². The smallest absolute Gasteiger partial charge is 0.346 e. The number of rotatable bonds is 4. The van der Waals surface area contributed by atoms with Gasteiger partial charge in [0, 0.05) is 5.56 Å². The first kappa shape index (κ1) is 14.4. The molecular weight excluding hydrogens is 272 g/mol. The second kappa shape index (κ2) is 5.98. The van der Waals surface area contributed by atoms with Crippen molar-refractivity contribution in [3.8, 4) is 0 Å². The topological polar surface area (TPSA) is 82.1 Å². The van der Waals surface area contributed by atoms with Gasteiger partial charge in [0.25, 0.3) is 0 Å². The molecule has 1 unspecified atom stereocenters. The summed E-state index contributed by atoms with van der Waals surface area (Å²) in [6.45, 7) is 1.89. The molecule has 0 saturated carbocycles. The van der Waals surface area contributed by atoms with Crippen LogP contribution in [0.5, 0.6) is 0 Å². The van der Waals surface area contributed by atoms with Gasteiger partial charge in [-0.1, -0.05) is 37.3 Å². The fourth-order valence-electron chi connectivity index (χ4n) is 1.97.